The van der Waals surface area contributed by atoms with Crippen molar-refractivity contribution in [1.82, 2.24) is 5.01 Å². The predicted octanol–water partition coefficient (Wildman–Crippen LogP) is 7.67. The molecule has 5 nitrogen and oxygen atoms in total. The Bertz CT molecular complexity index is 1340. The summed E-state index contributed by atoms with van der Waals surface area (Å²) in [6.45, 7) is 0.775. The second kappa shape index (κ2) is 12.3. The number of nitrogens with zero attached hydrogens (tertiary/aromatic N) is 3. The van der Waals surface area contributed by atoms with E-state index in [1.165, 1.54) is 11.8 Å². The van der Waals surface area contributed by atoms with Gasteiger partial charge in [-0.25, -0.2) is 4.90 Å². The first kappa shape index (κ1) is 33.6. The zero-order chi connectivity index (χ0) is 31.7. The Hall–Kier alpha value is -2.94. The number of hydrogen-bond acceptors (Lipinski definition) is 5. The van der Waals surface area contributed by atoms with E-state index in [0.717, 1.165) is 23.2 Å². The number of imide groups is 1. The summed E-state index contributed by atoms with van der Waals surface area (Å²) in [5.41, 5.74) is -3.48. The van der Waals surface area contributed by atoms with Crippen LogP contribution >= 0.6 is 23.4 Å². The number of benzene rings is 2. The van der Waals surface area contributed by atoms with Crippen molar-refractivity contribution in [3.8, 4) is 0 Å². The van der Waals surface area contributed by atoms with E-state index in [0.29, 0.717) is 42.9 Å². The highest BCUT2D eigenvalue weighted by atomic mass is 35.5. The third-order valence-electron chi connectivity index (χ3n) is 6.44. The number of hydrogen-bond donors (Lipinski definition) is 0. The fourth-order valence-electron chi connectivity index (χ4n) is 4.50. The lowest BCUT2D eigenvalue weighted by molar-refractivity contribution is -0.171. The molecule has 0 aromatic heterocycles. The molecule has 1 aliphatic heterocycles. The summed E-state index contributed by atoms with van der Waals surface area (Å²) in [6.07, 6.45) is -12.2. The molecule has 0 fully saturated rings. The van der Waals surface area contributed by atoms with E-state index in [4.69, 9.17) is 11.6 Å². The maximum absolute atomic E-state index is 13.4. The number of hydrazone groups is 1. The third-order valence-corrected chi connectivity index (χ3v) is 7.44. The van der Waals surface area contributed by atoms with Gasteiger partial charge in [-0.1, -0.05) is 24.6 Å². The van der Waals surface area contributed by atoms with Crippen LogP contribution in [0.5, 0.6) is 0 Å². The molecule has 2 aromatic rings. The third kappa shape index (κ3) is 7.71. The summed E-state index contributed by atoms with van der Waals surface area (Å²) in [5.74, 6) is -3.34. The quantitative estimate of drug-likeness (QED) is 0.218. The number of carbonyl (C=O) groups excluding carboxylic acids is 2. The van der Waals surface area contributed by atoms with Crippen molar-refractivity contribution in [1.29, 1.82) is 0 Å². The van der Waals surface area contributed by atoms with Crippen LogP contribution < -0.4 is 4.90 Å². The molecule has 16 heteroatoms. The van der Waals surface area contributed by atoms with E-state index in [-0.39, 0.29) is 22.7 Å². The van der Waals surface area contributed by atoms with Crippen LogP contribution in [0.4, 0.5) is 45.2 Å². The second-order valence-corrected chi connectivity index (χ2v) is 11.1. The largest absolute Gasteiger partial charge is 0.472 e. The van der Waals surface area contributed by atoms with Gasteiger partial charge in [-0.2, -0.15) is 56.4 Å². The summed E-state index contributed by atoms with van der Waals surface area (Å²) in [5, 5.41) is 4.79. The van der Waals surface area contributed by atoms with Crippen molar-refractivity contribution in [3.63, 3.8) is 0 Å². The number of thioether (sulfide) groups is 1. The van der Waals surface area contributed by atoms with Gasteiger partial charge in [-0.15, -0.1) is 0 Å². The van der Waals surface area contributed by atoms with Crippen molar-refractivity contribution in [2.75, 3.05) is 30.0 Å². The molecule has 1 unspecified atom stereocenters. The molecule has 42 heavy (non-hydrogen) atoms. The molecular weight excluding hydrogens is 625 g/mol. The number of rotatable bonds is 8. The molecule has 0 aliphatic carbocycles. The Morgan fingerprint density at radius 3 is 2.12 bits per heavy atom. The lowest BCUT2D eigenvalue weighted by Crippen LogP contribution is -2.48. The van der Waals surface area contributed by atoms with Crippen molar-refractivity contribution in [3.05, 3.63) is 64.2 Å². The molecule has 0 bridgehead atoms. The smallest absolute Gasteiger partial charge is 0.286 e. The van der Waals surface area contributed by atoms with Crippen LogP contribution in [0.15, 0.2) is 47.6 Å². The van der Waals surface area contributed by atoms with E-state index in [9.17, 15) is 49.1 Å². The van der Waals surface area contributed by atoms with Crippen LogP contribution in [0.2, 0.25) is 5.02 Å². The summed E-state index contributed by atoms with van der Waals surface area (Å²) < 4.78 is 119. The fourth-order valence-corrected chi connectivity index (χ4v) is 5.22. The molecule has 1 heterocycles. The van der Waals surface area contributed by atoms with Gasteiger partial charge in [-0.05, 0) is 66.8 Å². The van der Waals surface area contributed by atoms with Crippen molar-refractivity contribution in [2.45, 2.75) is 38.3 Å². The Morgan fingerprint density at radius 2 is 1.62 bits per heavy atom. The van der Waals surface area contributed by atoms with Gasteiger partial charge in [-0.3, -0.25) is 14.6 Å². The minimum absolute atomic E-state index is 0.0534. The number of carbonyl (C=O) groups is 2. The van der Waals surface area contributed by atoms with E-state index >= 15 is 0 Å². The zero-order valence-corrected chi connectivity index (χ0v) is 23.5. The lowest BCUT2D eigenvalue weighted by atomic mass is 9.78. The molecule has 2 aromatic carbocycles. The predicted molar refractivity (Wildman–Crippen MR) is 140 cm³/mol. The van der Waals surface area contributed by atoms with E-state index in [1.807, 2.05) is 6.26 Å². The van der Waals surface area contributed by atoms with Gasteiger partial charge >= 0.3 is 24.4 Å². The molecule has 0 N–H and O–H groups in total. The molecule has 0 saturated heterocycles. The highest BCUT2D eigenvalue weighted by Crippen LogP contribution is 2.40. The molecule has 1 atom stereocenters. The molecule has 3 rings (SSSR count). The first-order valence-electron chi connectivity index (χ1n) is 12.1. The van der Waals surface area contributed by atoms with Crippen molar-refractivity contribution >= 4 is 46.6 Å². The SMILES string of the molecule is CSCCCC1(C)CN(CC(=O)N(C(=O)C(F)(F)F)c2ccc(C(F)(F)F)cc2)N=C1c1ccc(C(F)(F)F)c(Cl)c1. The number of anilines is 1. The van der Waals surface area contributed by atoms with E-state index in [1.54, 1.807) is 6.92 Å². The zero-order valence-electron chi connectivity index (χ0n) is 21.9. The molecule has 230 valence electrons. The van der Waals surface area contributed by atoms with Gasteiger partial charge < -0.3 is 0 Å². The Balaban J connectivity index is 1.98. The van der Waals surface area contributed by atoms with Gasteiger partial charge in [0, 0.05) is 12.0 Å². The van der Waals surface area contributed by atoms with Crippen molar-refractivity contribution < 1.29 is 49.1 Å². The van der Waals surface area contributed by atoms with Crippen LogP contribution in [-0.2, 0) is 21.9 Å². The minimum Gasteiger partial charge on any atom is -0.286 e. The molecule has 0 spiro atoms. The molecule has 0 radical (unpaired) electrons. The molecule has 0 saturated carbocycles. The summed E-state index contributed by atoms with van der Waals surface area (Å²) in [7, 11) is 0. The summed E-state index contributed by atoms with van der Waals surface area (Å²) in [6, 6.07) is 4.98. The maximum Gasteiger partial charge on any atom is 0.472 e. The second-order valence-electron chi connectivity index (χ2n) is 9.70. The van der Waals surface area contributed by atoms with E-state index in [2.05, 4.69) is 5.10 Å². The number of alkyl halides is 9. The van der Waals surface area contributed by atoms with Crippen LogP contribution in [0.1, 0.15) is 36.5 Å². The maximum atomic E-state index is 13.4. The van der Waals surface area contributed by atoms with Crippen LogP contribution in [0, 0.1) is 5.41 Å². The van der Waals surface area contributed by atoms with E-state index < -0.39 is 64.1 Å². The van der Waals surface area contributed by atoms with Crippen LogP contribution in [-0.4, -0.2) is 53.8 Å². The van der Waals surface area contributed by atoms with Gasteiger partial charge in [0.2, 0.25) is 0 Å². The summed E-state index contributed by atoms with van der Waals surface area (Å²) in [4.78, 5) is 25.0. The average Bonchev–Trinajstić information content (AvgIpc) is 3.18. The Kier molecular flexibility index (Phi) is 9.87. The first-order chi connectivity index (χ1) is 19.3. The summed E-state index contributed by atoms with van der Waals surface area (Å²) >= 11 is 7.43. The standard InChI is InChI=1S/C26H23ClF9N3O2S/c1-23(10-3-11-42-2)14-38(37-21(23)15-4-9-18(19(27)12-15)25(31,32)33)13-20(40)39(22(41)26(34,35)36)17-7-5-16(6-8-17)24(28,29)30/h4-9,12H,3,10-11,13-14H2,1-2H3. The Labute approximate surface area is 243 Å². The fraction of sp³-hybridized carbons (Fsp3) is 0.423. The highest BCUT2D eigenvalue weighted by Gasteiger charge is 2.47. The van der Waals surface area contributed by atoms with Gasteiger partial charge in [0.1, 0.15) is 6.54 Å². The van der Waals surface area contributed by atoms with Crippen LogP contribution in [0.3, 0.4) is 0 Å². The topological polar surface area (TPSA) is 53.0 Å². The Morgan fingerprint density at radius 1 is 1.00 bits per heavy atom. The van der Waals surface area contributed by atoms with Crippen LogP contribution in [0.25, 0.3) is 0 Å². The number of halogens is 10. The molecule has 1 aliphatic rings. The molecule has 2 amide bonds. The van der Waals surface area contributed by atoms with Crippen molar-refractivity contribution in [2.24, 2.45) is 10.5 Å². The van der Waals surface area contributed by atoms with Gasteiger partial charge in [0.25, 0.3) is 5.91 Å². The minimum atomic E-state index is -5.54. The monoisotopic (exact) mass is 647 g/mol. The normalized spacial score (nSPS) is 17.8. The van der Waals surface area contributed by atoms with Gasteiger partial charge in [0.05, 0.1) is 27.5 Å². The average molecular weight is 648 g/mol. The number of amides is 2. The van der Waals surface area contributed by atoms with Gasteiger partial charge in [0.15, 0.2) is 0 Å². The lowest BCUT2D eigenvalue weighted by Gasteiger charge is -2.28. The first-order valence-corrected chi connectivity index (χ1v) is 13.9. The highest BCUT2D eigenvalue weighted by molar-refractivity contribution is 7.98. The molecular formula is C26H23ClF9N3O2S.